The minimum atomic E-state index is -0.203. The van der Waals surface area contributed by atoms with Gasteiger partial charge in [-0.15, -0.1) is 0 Å². The van der Waals surface area contributed by atoms with Gasteiger partial charge in [-0.05, 0) is 38.8 Å². The molecule has 0 spiro atoms. The fourth-order valence-corrected chi connectivity index (χ4v) is 3.28. The number of aromatic nitrogens is 1. The Morgan fingerprint density at radius 2 is 1.93 bits per heavy atom. The second-order valence-electron chi connectivity index (χ2n) is 6.68. The molecule has 0 aliphatic carbocycles. The number of nitrogens with zero attached hydrogens (tertiary/aromatic N) is 2. The normalized spacial score (nSPS) is 14.9. The number of likely N-dealkylation sites (tertiary alicyclic amines) is 1. The Labute approximate surface area is 158 Å². The van der Waals surface area contributed by atoms with Crippen molar-refractivity contribution in [1.82, 2.24) is 10.1 Å². The van der Waals surface area contributed by atoms with E-state index in [1.54, 1.807) is 17.0 Å². The number of para-hydroxylation sites is 1. The summed E-state index contributed by atoms with van der Waals surface area (Å²) in [6.45, 7) is 5.03. The van der Waals surface area contributed by atoms with E-state index >= 15 is 0 Å². The van der Waals surface area contributed by atoms with Crippen molar-refractivity contribution in [3.63, 3.8) is 0 Å². The zero-order chi connectivity index (χ0) is 19.4. The molecule has 0 saturated carbocycles. The number of esters is 1. The van der Waals surface area contributed by atoms with Gasteiger partial charge >= 0.3 is 5.97 Å². The van der Waals surface area contributed by atoms with Crippen molar-refractivity contribution in [2.75, 3.05) is 20.2 Å². The predicted octanol–water partition coefficient (Wildman–Crippen LogP) is 2.90. The third-order valence-corrected chi connectivity index (χ3v) is 4.99. The summed E-state index contributed by atoms with van der Waals surface area (Å²) in [7, 11) is 1.40. The third-order valence-electron chi connectivity index (χ3n) is 4.99. The summed E-state index contributed by atoms with van der Waals surface area (Å²) in [5.74, 6) is 0.807. The van der Waals surface area contributed by atoms with Crippen LogP contribution in [0.3, 0.4) is 0 Å². The predicted molar refractivity (Wildman–Crippen MR) is 97.4 cm³/mol. The highest BCUT2D eigenvalue weighted by atomic mass is 16.5. The highest BCUT2D eigenvalue weighted by Crippen LogP contribution is 2.25. The van der Waals surface area contributed by atoms with Crippen LogP contribution in [0.15, 0.2) is 28.8 Å². The highest BCUT2D eigenvalue weighted by Gasteiger charge is 2.29. The zero-order valence-electron chi connectivity index (χ0n) is 15.9. The van der Waals surface area contributed by atoms with E-state index in [9.17, 15) is 9.59 Å². The number of amides is 1. The number of piperidine rings is 1. The monoisotopic (exact) mass is 372 g/mol. The SMILES string of the molecule is COC(=O)C1CCN(C(=O)c2ccccc2OCc2c(C)noc2C)CC1. The van der Waals surface area contributed by atoms with E-state index in [2.05, 4.69) is 5.16 Å². The van der Waals surface area contributed by atoms with Crippen LogP contribution in [0, 0.1) is 19.8 Å². The van der Waals surface area contributed by atoms with Crippen molar-refractivity contribution in [1.29, 1.82) is 0 Å². The molecule has 1 aliphatic rings. The first kappa shape index (κ1) is 18.9. The zero-order valence-corrected chi connectivity index (χ0v) is 15.9. The molecule has 1 saturated heterocycles. The van der Waals surface area contributed by atoms with Gasteiger partial charge in [-0.1, -0.05) is 17.3 Å². The molecule has 0 bridgehead atoms. The second kappa shape index (κ2) is 8.24. The molecule has 0 atom stereocenters. The van der Waals surface area contributed by atoms with Crippen molar-refractivity contribution in [3.05, 3.63) is 46.8 Å². The van der Waals surface area contributed by atoms with Gasteiger partial charge in [0.25, 0.3) is 5.91 Å². The molecule has 27 heavy (non-hydrogen) atoms. The average molecular weight is 372 g/mol. The number of hydrogen-bond acceptors (Lipinski definition) is 6. The number of ether oxygens (including phenoxy) is 2. The topological polar surface area (TPSA) is 81.9 Å². The Bertz CT molecular complexity index is 802. The molecule has 2 aromatic rings. The molecule has 0 unspecified atom stereocenters. The molecule has 0 radical (unpaired) electrons. The van der Waals surface area contributed by atoms with E-state index in [1.165, 1.54) is 7.11 Å². The third kappa shape index (κ3) is 4.13. The number of carbonyl (C=O) groups is 2. The maximum atomic E-state index is 13.0. The maximum absolute atomic E-state index is 13.0. The van der Waals surface area contributed by atoms with Crippen LogP contribution in [0.2, 0.25) is 0 Å². The summed E-state index contributed by atoms with van der Waals surface area (Å²) >= 11 is 0. The van der Waals surface area contributed by atoms with Gasteiger partial charge in [0.1, 0.15) is 18.1 Å². The van der Waals surface area contributed by atoms with Crippen molar-refractivity contribution in [2.45, 2.75) is 33.3 Å². The van der Waals surface area contributed by atoms with Crippen LogP contribution in [0.25, 0.3) is 0 Å². The van der Waals surface area contributed by atoms with E-state index in [-0.39, 0.29) is 24.4 Å². The fourth-order valence-electron chi connectivity index (χ4n) is 3.28. The summed E-state index contributed by atoms with van der Waals surface area (Å²) in [5.41, 5.74) is 2.18. The van der Waals surface area contributed by atoms with Gasteiger partial charge in [0.15, 0.2) is 0 Å². The summed E-state index contributed by atoms with van der Waals surface area (Å²) in [5, 5.41) is 3.92. The molecule has 3 rings (SSSR count). The number of hydrogen-bond donors (Lipinski definition) is 0. The first-order valence-corrected chi connectivity index (χ1v) is 9.02. The van der Waals surface area contributed by atoms with Crippen LogP contribution in [0.4, 0.5) is 0 Å². The Morgan fingerprint density at radius 3 is 2.56 bits per heavy atom. The molecule has 1 fully saturated rings. The van der Waals surface area contributed by atoms with Crippen LogP contribution in [0.5, 0.6) is 5.75 Å². The van der Waals surface area contributed by atoms with Gasteiger partial charge in [0.05, 0.1) is 29.8 Å². The molecule has 1 amide bonds. The van der Waals surface area contributed by atoms with Crippen molar-refractivity contribution < 1.29 is 23.6 Å². The lowest BCUT2D eigenvalue weighted by Gasteiger charge is -2.31. The highest BCUT2D eigenvalue weighted by molar-refractivity contribution is 5.97. The molecule has 144 valence electrons. The Kier molecular flexibility index (Phi) is 5.78. The fraction of sp³-hybridized carbons (Fsp3) is 0.450. The van der Waals surface area contributed by atoms with Gasteiger partial charge in [0.2, 0.25) is 0 Å². The van der Waals surface area contributed by atoms with Gasteiger partial charge in [-0.2, -0.15) is 0 Å². The lowest BCUT2D eigenvalue weighted by molar-refractivity contribution is -0.146. The van der Waals surface area contributed by atoms with Gasteiger partial charge < -0.3 is 18.9 Å². The molecule has 1 aromatic carbocycles. The van der Waals surface area contributed by atoms with Crippen LogP contribution in [-0.4, -0.2) is 42.1 Å². The van der Waals surface area contributed by atoms with Crippen molar-refractivity contribution in [2.24, 2.45) is 5.92 Å². The number of methoxy groups -OCH3 is 1. The molecular formula is C20H24N2O5. The average Bonchev–Trinajstić information content (AvgIpc) is 3.03. The largest absolute Gasteiger partial charge is 0.488 e. The summed E-state index contributed by atoms with van der Waals surface area (Å²) in [6.07, 6.45) is 1.22. The maximum Gasteiger partial charge on any atom is 0.308 e. The first-order valence-electron chi connectivity index (χ1n) is 9.02. The second-order valence-corrected chi connectivity index (χ2v) is 6.68. The summed E-state index contributed by atoms with van der Waals surface area (Å²) < 4.78 is 15.9. The number of carbonyl (C=O) groups excluding carboxylic acids is 2. The van der Waals surface area contributed by atoms with E-state index < -0.39 is 0 Å². The van der Waals surface area contributed by atoms with E-state index in [1.807, 2.05) is 26.0 Å². The molecule has 1 aromatic heterocycles. The van der Waals surface area contributed by atoms with Crippen LogP contribution < -0.4 is 4.74 Å². The van der Waals surface area contributed by atoms with Crippen molar-refractivity contribution >= 4 is 11.9 Å². The minimum absolute atomic E-state index is 0.0901. The quantitative estimate of drug-likeness (QED) is 0.751. The van der Waals surface area contributed by atoms with Crippen LogP contribution >= 0.6 is 0 Å². The summed E-state index contributed by atoms with van der Waals surface area (Å²) in [6, 6.07) is 7.20. The summed E-state index contributed by atoms with van der Waals surface area (Å²) in [4.78, 5) is 26.4. The molecule has 1 aliphatic heterocycles. The molecule has 2 heterocycles. The van der Waals surface area contributed by atoms with Gasteiger partial charge in [-0.3, -0.25) is 9.59 Å². The van der Waals surface area contributed by atoms with Crippen molar-refractivity contribution in [3.8, 4) is 5.75 Å². The van der Waals surface area contributed by atoms with E-state index in [0.717, 1.165) is 11.3 Å². The Morgan fingerprint density at radius 1 is 1.22 bits per heavy atom. The van der Waals surface area contributed by atoms with Gasteiger partial charge in [-0.25, -0.2) is 0 Å². The minimum Gasteiger partial charge on any atom is -0.488 e. The number of rotatable bonds is 5. The van der Waals surface area contributed by atoms with Crippen LogP contribution in [-0.2, 0) is 16.1 Å². The first-order chi connectivity index (χ1) is 13.0. The standard InChI is InChI=1S/C20H24N2O5/c1-13-17(14(2)27-21-13)12-26-18-7-5-4-6-16(18)19(23)22-10-8-15(9-11-22)20(24)25-3/h4-7,15H,8-12H2,1-3H3. The lowest BCUT2D eigenvalue weighted by atomic mass is 9.96. The van der Waals surface area contributed by atoms with E-state index in [4.69, 9.17) is 14.0 Å². The van der Waals surface area contributed by atoms with Gasteiger partial charge in [0, 0.05) is 13.1 Å². The Balaban J connectivity index is 1.68. The number of aryl methyl sites for hydroxylation is 2. The molecule has 0 N–H and O–H groups in total. The Hall–Kier alpha value is -2.83. The molecule has 7 nitrogen and oxygen atoms in total. The smallest absolute Gasteiger partial charge is 0.308 e. The van der Waals surface area contributed by atoms with Crippen LogP contribution in [0.1, 0.15) is 40.2 Å². The number of benzene rings is 1. The molecular weight excluding hydrogens is 348 g/mol. The van der Waals surface area contributed by atoms with E-state index in [0.29, 0.717) is 43.0 Å². The lowest BCUT2D eigenvalue weighted by Crippen LogP contribution is -2.40. The molecule has 7 heteroatoms.